The number of nitrogens with one attached hydrogen (secondary N) is 3. The highest BCUT2D eigenvalue weighted by Crippen LogP contribution is 2.30. The number of hydrogen-bond donors (Lipinski definition) is 3. The molecule has 2 amide bonds. The van der Waals surface area contributed by atoms with E-state index in [0.717, 1.165) is 50.1 Å². The molecule has 1 saturated heterocycles. The number of rotatable bonds is 4. The first-order valence-corrected chi connectivity index (χ1v) is 7.65. The molecule has 0 spiro atoms. The summed E-state index contributed by atoms with van der Waals surface area (Å²) in [6.45, 7) is 1.81. The van der Waals surface area contributed by atoms with Gasteiger partial charge in [-0.25, -0.2) is 0 Å². The molecule has 3 rings (SSSR count). The van der Waals surface area contributed by atoms with Crippen LogP contribution in [0.4, 0.5) is 11.4 Å². The Kier molecular flexibility index (Phi) is 4.20. The summed E-state index contributed by atoms with van der Waals surface area (Å²) < 4.78 is 0. The Morgan fingerprint density at radius 1 is 0.810 bits per heavy atom. The Labute approximate surface area is 124 Å². The van der Waals surface area contributed by atoms with Gasteiger partial charge in [0.05, 0.1) is 0 Å². The lowest BCUT2D eigenvalue weighted by molar-refractivity contribution is -0.120. The second-order valence-corrected chi connectivity index (χ2v) is 5.85. The van der Waals surface area contributed by atoms with Crippen molar-refractivity contribution < 1.29 is 9.59 Å². The molecule has 1 heterocycles. The number of anilines is 2. The SMILES string of the molecule is O=C(Nc1ccc(NC(=O)C2CC2)cc1)C1CCNCC1. The van der Waals surface area contributed by atoms with Crippen LogP contribution >= 0.6 is 0 Å². The first kappa shape index (κ1) is 14.1. The first-order valence-electron chi connectivity index (χ1n) is 7.65. The van der Waals surface area contributed by atoms with Gasteiger partial charge in [0.1, 0.15) is 0 Å². The van der Waals surface area contributed by atoms with Crippen LogP contribution in [0.2, 0.25) is 0 Å². The van der Waals surface area contributed by atoms with E-state index in [4.69, 9.17) is 0 Å². The Morgan fingerprint density at radius 2 is 1.24 bits per heavy atom. The van der Waals surface area contributed by atoms with E-state index in [1.54, 1.807) is 0 Å². The van der Waals surface area contributed by atoms with Crippen molar-refractivity contribution in [2.75, 3.05) is 23.7 Å². The minimum Gasteiger partial charge on any atom is -0.326 e. The van der Waals surface area contributed by atoms with Crippen molar-refractivity contribution in [1.29, 1.82) is 0 Å². The fourth-order valence-electron chi connectivity index (χ4n) is 2.56. The van der Waals surface area contributed by atoms with Crippen molar-refractivity contribution >= 4 is 23.2 Å². The fraction of sp³-hybridized carbons (Fsp3) is 0.500. The number of carbonyl (C=O) groups excluding carboxylic acids is 2. The van der Waals surface area contributed by atoms with Crippen LogP contribution in [0.15, 0.2) is 24.3 Å². The fourth-order valence-corrected chi connectivity index (χ4v) is 2.56. The molecule has 3 N–H and O–H groups in total. The van der Waals surface area contributed by atoms with Crippen LogP contribution in [0.3, 0.4) is 0 Å². The van der Waals surface area contributed by atoms with E-state index in [1.165, 1.54) is 0 Å². The molecule has 1 aromatic rings. The lowest BCUT2D eigenvalue weighted by atomic mass is 9.97. The highest BCUT2D eigenvalue weighted by Gasteiger charge is 2.29. The standard InChI is InChI=1S/C16H21N3O2/c20-15(11-1-2-11)18-13-3-5-14(6-4-13)19-16(21)12-7-9-17-10-8-12/h3-6,11-12,17H,1-2,7-10H2,(H,18,20)(H,19,21). The van der Waals surface area contributed by atoms with Crippen LogP contribution in [-0.4, -0.2) is 24.9 Å². The largest absolute Gasteiger partial charge is 0.326 e. The number of carbonyl (C=O) groups is 2. The van der Waals surface area contributed by atoms with Crippen molar-refractivity contribution in [2.24, 2.45) is 11.8 Å². The Balaban J connectivity index is 1.53. The molecular weight excluding hydrogens is 266 g/mol. The normalized spacial score (nSPS) is 19.0. The third-order valence-corrected chi connectivity index (χ3v) is 4.08. The summed E-state index contributed by atoms with van der Waals surface area (Å²) in [5.74, 6) is 0.484. The van der Waals surface area contributed by atoms with E-state index in [1.807, 2.05) is 24.3 Å². The van der Waals surface area contributed by atoms with Crippen LogP contribution in [-0.2, 0) is 9.59 Å². The third kappa shape index (κ3) is 3.82. The van der Waals surface area contributed by atoms with Crippen LogP contribution in [0.1, 0.15) is 25.7 Å². The third-order valence-electron chi connectivity index (χ3n) is 4.08. The first-order chi connectivity index (χ1) is 10.2. The molecular formula is C16H21N3O2. The van der Waals surface area contributed by atoms with Crippen molar-refractivity contribution in [2.45, 2.75) is 25.7 Å². The van der Waals surface area contributed by atoms with Crippen LogP contribution in [0.5, 0.6) is 0 Å². The van der Waals surface area contributed by atoms with Gasteiger partial charge in [-0.05, 0) is 63.0 Å². The second-order valence-electron chi connectivity index (χ2n) is 5.85. The summed E-state index contributed by atoms with van der Waals surface area (Å²) in [6.07, 6.45) is 3.77. The van der Waals surface area contributed by atoms with Gasteiger partial charge in [-0.15, -0.1) is 0 Å². The highest BCUT2D eigenvalue weighted by molar-refractivity contribution is 5.95. The van der Waals surface area contributed by atoms with Crippen molar-refractivity contribution in [3.05, 3.63) is 24.3 Å². The second kappa shape index (κ2) is 6.26. The van der Waals surface area contributed by atoms with Crippen LogP contribution in [0, 0.1) is 11.8 Å². The van der Waals surface area contributed by atoms with Gasteiger partial charge in [0.25, 0.3) is 0 Å². The summed E-state index contributed by atoms with van der Waals surface area (Å²) in [6, 6.07) is 7.33. The Morgan fingerprint density at radius 3 is 1.67 bits per heavy atom. The minimum absolute atomic E-state index is 0.0891. The van der Waals surface area contributed by atoms with Gasteiger partial charge in [-0.1, -0.05) is 0 Å². The molecule has 0 bridgehead atoms. The molecule has 1 aromatic carbocycles. The van der Waals surface area contributed by atoms with Gasteiger partial charge in [0, 0.05) is 23.2 Å². The van der Waals surface area contributed by atoms with Crippen molar-refractivity contribution in [1.82, 2.24) is 5.32 Å². The maximum Gasteiger partial charge on any atom is 0.227 e. The van der Waals surface area contributed by atoms with Gasteiger partial charge >= 0.3 is 0 Å². The van der Waals surface area contributed by atoms with E-state index >= 15 is 0 Å². The van der Waals surface area contributed by atoms with Crippen molar-refractivity contribution in [3.8, 4) is 0 Å². The van der Waals surface area contributed by atoms with Crippen LogP contribution in [0.25, 0.3) is 0 Å². The van der Waals surface area contributed by atoms with E-state index in [9.17, 15) is 9.59 Å². The van der Waals surface area contributed by atoms with Crippen molar-refractivity contribution in [3.63, 3.8) is 0 Å². The lowest BCUT2D eigenvalue weighted by Gasteiger charge is -2.21. The van der Waals surface area contributed by atoms with Crippen LogP contribution < -0.4 is 16.0 Å². The average molecular weight is 287 g/mol. The monoisotopic (exact) mass is 287 g/mol. The quantitative estimate of drug-likeness (QED) is 0.793. The summed E-state index contributed by atoms with van der Waals surface area (Å²) in [5.41, 5.74) is 1.56. The molecule has 0 unspecified atom stereocenters. The van der Waals surface area contributed by atoms with E-state index in [0.29, 0.717) is 0 Å². The van der Waals surface area contributed by atoms with Gasteiger partial charge in [0.2, 0.25) is 11.8 Å². The summed E-state index contributed by atoms with van der Waals surface area (Å²) in [4.78, 5) is 23.8. The molecule has 0 aromatic heterocycles. The smallest absolute Gasteiger partial charge is 0.227 e. The maximum absolute atomic E-state index is 12.1. The number of benzene rings is 1. The molecule has 1 aliphatic carbocycles. The molecule has 2 aliphatic rings. The molecule has 5 heteroatoms. The molecule has 0 atom stereocenters. The zero-order chi connectivity index (χ0) is 14.7. The Hall–Kier alpha value is -1.88. The Bertz CT molecular complexity index is 517. The summed E-state index contributed by atoms with van der Waals surface area (Å²) in [7, 11) is 0. The zero-order valence-electron chi connectivity index (χ0n) is 12.0. The van der Waals surface area contributed by atoms with E-state index < -0.39 is 0 Å². The topological polar surface area (TPSA) is 70.2 Å². The minimum atomic E-state index is 0.0891. The highest BCUT2D eigenvalue weighted by atomic mass is 16.2. The summed E-state index contributed by atoms with van der Waals surface area (Å²) in [5, 5.41) is 9.09. The molecule has 2 fully saturated rings. The number of hydrogen-bond acceptors (Lipinski definition) is 3. The van der Waals surface area contributed by atoms with E-state index in [2.05, 4.69) is 16.0 Å². The van der Waals surface area contributed by atoms with Gasteiger partial charge in [-0.3, -0.25) is 9.59 Å². The summed E-state index contributed by atoms with van der Waals surface area (Å²) >= 11 is 0. The van der Waals surface area contributed by atoms with Gasteiger partial charge in [0.15, 0.2) is 0 Å². The molecule has 0 radical (unpaired) electrons. The maximum atomic E-state index is 12.1. The zero-order valence-corrected chi connectivity index (χ0v) is 12.0. The molecule has 1 saturated carbocycles. The lowest BCUT2D eigenvalue weighted by Crippen LogP contribution is -2.34. The average Bonchev–Trinajstić information content (AvgIpc) is 3.35. The predicted molar refractivity (Wildman–Crippen MR) is 82.0 cm³/mol. The molecule has 112 valence electrons. The van der Waals surface area contributed by atoms with E-state index in [-0.39, 0.29) is 23.7 Å². The molecule has 5 nitrogen and oxygen atoms in total. The molecule has 21 heavy (non-hydrogen) atoms. The predicted octanol–water partition coefficient (Wildman–Crippen LogP) is 1.97. The molecule has 1 aliphatic heterocycles. The number of piperidine rings is 1. The number of amides is 2. The van der Waals surface area contributed by atoms with Gasteiger partial charge < -0.3 is 16.0 Å². The van der Waals surface area contributed by atoms with Gasteiger partial charge in [-0.2, -0.15) is 0 Å².